The number of hydrogen-bond acceptors (Lipinski definition) is 6. The number of anilines is 1. The first kappa shape index (κ1) is 19.8. The largest absolute Gasteiger partial charge is 0.343 e. The van der Waals surface area contributed by atoms with Crippen molar-refractivity contribution in [2.24, 2.45) is 0 Å². The predicted octanol–water partition coefficient (Wildman–Crippen LogP) is 3.00. The third-order valence-corrected chi connectivity index (χ3v) is 4.69. The van der Waals surface area contributed by atoms with Gasteiger partial charge in [-0.05, 0) is 48.9 Å². The summed E-state index contributed by atoms with van der Waals surface area (Å²) in [6.45, 7) is 1.69. The highest BCUT2D eigenvalue weighted by atomic mass is 35.5. The van der Waals surface area contributed by atoms with Gasteiger partial charge >= 0.3 is 0 Å². The van der Waals surface area contributed by atoms with Crippen molar-refractivity contribution in [3.63, 3.8) is 0 Å². The molecule has 2 N–H and O–H groups in total. The molecule has 3 aromatic rings. The number of carbonyl (C=O) groups excluding carboxylic acids is 1. The molecule has 28 heavy (non-hydrogen) atoms. The molecule has 1 aromatic heterocycles. The number of carbonyl (C=O) groups is 1. The zero-order valence-corrected chi connectivity index (χ0v) is 16.6. The second-order valence-electron chi connectivity index (χ2n) is 6.05. The van der Waals surface area contributed by atoms with Gasteiger partial charge < -0.3 is 9.84 Å². The second-order valence-corrected chi connectivity index (χ2v) is 8.24. The molecule has 8 nitrogen and oxygen atoms in total. The summed E-state index contributed by atoms with van der Waals surface area (Å²) in [5, 5.41) is 7.17. The molecule has 0 bridgehead atoms. The van der Waals surface area contributed by atoms with E-state index in [4.69, 9.17) is 16.1 Å². The maximum absolute atomic E-state index is 12.5. The van der Waals surface area contributed by atoms with Crippen molar-refractivity contribution < 1.29 is 17.7 Å². The Morgan fingerprint density at radius 3 is 2.57 bits per heavy atom. The van der Waals surface area contributed by atoms with Crippen LogP contribution in [0.25, 0.3) is 11.4 Å². The number of benzene rings is 2. The zero-order chi connectivity index (χ0) is 20.3. The van der Waals surface area contributed by atoms with Gasteiger partial charge in [-0.1, -0.05) is 22.8 Å². The molecule has 0 aliphatic rings. The summed E-state index contributed by atoms with van der Waals surface area (Å²) >= 11 is 5.86. The van der Waals surface area contributed by atoms with E-state index in [0.717, 1.165) is 11.8 Å². The molecule has 0 unspecified atom stereocenters. The summed E-state index contributed by atoms with van der Waals surface area (Å²) in [5.74, 6) is 0.235. The van der Waals surface area contributed by atoms with E-state index in [-0.39, 0.29) is 18.3 Å². The van der Waals surface area contributed by atoms with E-state index in [1.165, 1.54) is 0 Å². The topological polar surface area (TPSA) is 114 Å². The van der Waals surface area contributed by atoms with E-state index in [1.54, 1.807) is 49.4 Å². The fourth-order valence-corrected chi connectivity index (χ4v) is 3.23. The molecule has 0 aliphatic carbocycles. The van der Waals surface area contributed by atoms with Gasteiger partial charge in [-0.2, -0.15) is 4.98 Å². The minimum absolute atomic E-state index is 0.0304. The lowest BCUT2D eigenvalue weighted by atomic mass is 10.1. The summed E-state index contributed by atoms with van der Waals surface area (Å²) in [4.78, 5) is 16.7. The number of halogens is 1. The van der Waals surface area contributed by atoms with Crippen molar-refractivity contribution in [3.8, 4) is 11.4 Å². The smallest absolute Gasteiger partial charge is 0.252 e. The standard InChI is InChI=1S/C18H17ClN4O4S/c1-11-14(4-3-5-15(11)23-28(2,25)26)18(24)20-10-16-21-17(22-27-16)12-6-8-13(19)9-7-12/h3-9,23H,10H2,1-2H3,(H,20,24). The fraction of sp³-hybridized carbons (Fsp3) is 0.167. The molecule has 1 amide bonds. The highest BCUT2D eigenvalue weighted by molar-refractivity contribution is 7.92. The first-order valence-corrected chi connectivity index (χ1v) is 10.4. The van der Waals surface area contributed by atoms with Crippen LogP contribution >= 0.6 is 11.6 Å². The number of sulfonamides is 1. The van der Waals surface area contributed by atoms with Crippen molar-refractivity contribution in [2.75, 3.05) is 11.0 Å². The van der Waals surface area contributed by atoms with Gasteiger partial charge in [0.2, 0.25) is 21.7 Å². The summed E-state index contributed by atoms with van der Waals surface area (Å²) in [7, 11) is -3.45. The Morgan fingerprint density at radius 1 is 1.18 bits per heavy atom. The third-order valence-electron chi connectivity index (χ3n) is 3.84. The number of aromatic nitrogens is 2. The Labute approximate surface area is 167 Å². The Balaban J connectivity index is 1.69. The summed E-state index contributed by atoms with van der Waals surface area (Å²) in [6, 6.07) is 11.7. The number of hydrogen-bond donors (Lipinski definition) is 2. The van der Waals surface area contributed by atoms with Crippen LogP contribution in [0, 0.1) is 6.92 Å². The normalized spacial score (nSPS) is 11.2. The molecule has 3 rings (SSSR count). The monoisotopic (exact) mass is 420 g/mol. The Hall–Kier alpha value is -2.91. The quantitative estimate of drug-likeness (QED) is 0.633. The maximum atomic E-state index is 12.5. The molecule has 10 heteroatoms. The fourth-order valence-electron chi connectivity index (χ4n) is 2.49. The summed E-state index contributed by atoms with van der Waals surface area (Å²) in [6.07, 6.45) is 1.05. The molecule has 0 spiro atoms. The lowest BCUT2D eigenvalue weighted by Gasteiger charge is -2.11. The summed E-state index contributed by atoms with van der Waals surface area (Å²) < 4.78 is 30.4. The molecule has 0 saturated carbocycles. The molecule has 1 heterocycles. The lowest BCUT2D eigenvalue weighted by molar-refractivity contribution is 0.0945. The van der Waals surface area contributed by atoms with Gasteiger partial charge in [0.1, 0.15) is 0 Å². The number of nitrogens with one attached hydrogen (secondary N) is 2. The number of rotatable bonds is 6. The number of nitrogens with zero attached hydrogens (tertiary/aromatic N) is 2. The molecule has 0 atom stereocenters. The van der Waals surface area contributed by atoms with Gasteiger partial charge in [-0.3, -0.25) is 9.52 Å². The third kappa shape index (κ3) is 4.87. The van der Waals surface area contributed by atoms with Gasteiger partial charge in [0.25, 0.3) is 5.91 Å². The lowest BCUT2D eigenvalue weighted by Crippen LogP contribution is -2.24. The molecule has 2 aromatic carbocycles. The molecule has 0 radical (unpaired) electrons. The molecular weight excluding hydrogens is 404 g/mol. The molecule has 0 aliphatic heterocycles. The summed E-state index contributed by atoms with van der Waals surface area (Å²) in [5.41, 5.74) is 1.93. The SMILES string of the molecule is Cc1c(NS(C)(=O)=O)cccc1C(=O)NCc1nc(-c2ccc(Cl)cc2)no1. The van der Waals surface area contributed by atoms with Crippen molar-refractivity contribution in [1.29, 1.82) is 0 Å². The van der Waals surface area contributed by atoms with Crippen LogP contribution < -0.4 is 10.0 Å². The van der Waals surface area contributed by atoms with Gasteiger partial charge in [0, 0.05) is 16.1 Å². The molecule has 0 saturated heterocycles. The van der Waals surface area contributed by atoms with Crippen LogP contribution in [0.15, 0.2) is 47.0 Å². The van der Waals surface area contributed by atoms with Crippen molar-refractivity contribution in [2.45, 2.75) is 13.5 Å². The minimum atomic E-state index is -3.45. The zero-order valence-electron chi connectivity index (χ0n) is 15.1. The van der Waals surface area contributed by atoms with Crippen LogP contribution in [0.1, 0.15) is 21.8 Å². The second kappa shape index (κ2) is 7.99. The minimum Gasteiger partial charge on any atom is -0.343 e. The van der Waals surface area contributed by atoms with Crippen molar-refractivity contribution in [3.05, 3.63) is 64.5 Å². The molecule has 146 valence electrons. The Bertz CT molecular complexity index is 1110. The Kier molecular flexibility index (Phi) is 5.66. The number of amides is 1. The molecule has 0 fully saturated rings. The first-order chi connectivity index (χ1) is 13.2. The van der Waals surface area contributed by atoms with E-state index >= 15 is 0 Å². The Morgan fingerprint density at radius 2 is 1.89 bits per heavy atom. The van der Waals surface area contributed by atoms with E-state index in [0.29, 0.717) is 27.7 Å². The van der Waals surface area contributed by atoms with E-state index in [1.807, 2.05) is 0 Å². The maximum Gasteiger partial charge on any atom is 0.252 e. The van der Waals surface area contributed by atoms with Gasteiger partial charge in [0.05, 0.1) is 18.5 Å². The van der Waals surface area contributed by atoms with E-state index in [2.05, 4.69) is 20.2 Å². The highest BCUT2D eigenvalue weighted by Gasteiger charge is 2.15. The van der Waals surface area contributed by atoms with Crippen molar-refractivity contribution >= 4 is 33.2 Å². The van der Waals surface area contributed by atoms with Crippen LogP contribution in [0.3, 0.4) is 0 Å². The first-order valence-electron chi connectivity index (χ1n) is 8.17. The predicted molar refractivity (Wildman–Crippen MR) is 106 cm³/mol. The average Bonchev–Trinajstić information content (AvgIpc) is 3.10. The highest BCUT2D eigenvalue weighted by Crippen LogP contribution is 2.21. The van der Waals surface area contributed by atoms with Gasteiger partial charge in [0.15, 0.2) is 0 Å². The average molecular weight is 421 g/mol. The van der Waals surface area contributed by atoms with Crippen LogP contribution in [-0.2, 0) is 16.6 Å². The van der Waals surface area contributed by atoms with Crippen LogP contribution in [0.2, 0.25) is 5.02 Å². The molecular formula is C18H17ClN4O4S. The van der Waals surface area contributed by atoms with Crippen LogP contribution in [-0.4, -0.2) is 30.7 Å². The van der Waals surface area contributed by atoms with Gasteiger partial charge in [-0.15, -0.1) is 0 Å². The van der Waals surface area contributed by atoms with E-state index < -0.39 is 10.0 Å². The van der Waals surface area contributed by atoms with Crippen LogP contribution in [0.5, 0.6) is 0 Å². The van der Waals surface area contributed by atoms with Crippen LogP contribution in [0.4, 0.5) is 5.69 Å². The van der Waals surface area contributed by atoms with E-state index in [9.17, 15) is 13.2 Å². The van der Waals surface area contributed by atoms with Gasteiger partial charge in [-0.25, -0.2) is 8.42 Å². The van der Waals surface area contributed by atoms with Crippen molar-refractivity contribution in [1.82, 2.24) is 15.5 Å².